The molecule has 0 saturated carbocycles. The summed E-state index contributed by atoms with van der Waals surface area (Å²) in [4.78, 5) is 10.7. The summed E-state index contributed by atoms with van der Waals surface area (Å²) in [6, 6.07) is 0. The van der Waals surface area contributed by atoms with Crippen LogP contribution in [-0.2, 0) is 0 Å². The van der Waals surface area contributed by atoms with E-state index in [-0.39, 0.29) is 0 Å². The fraction of sp³-hybridized carbons (Fsp3) is 0.0833. The second-order valence-electron chi connectivity index (χ2n) is 2.68. The Morgan fingerprint density at radius 2 is 2.21 bits per heavy atom. The molecule has 0 saturated heterocycles. The minimum absolute atomic E-state index is 0.552. The van der Waals surface area contributed by atoms with Crippen molar-refractivity contribution < 1.29 is 9.21 Å². The molecule has 2 heteroatoms. The van der Waals surface area contributed by atoms with Crippen molar-refractivity contribution in [1.29, 1.82) is 0 Å². The van der Waals surface area contributed by atoms with Crippen LogP contribution in [0.15, 0.2) is 35.5 Å². The van der Waals surface area contributed by atoms with Crippen LogP contribution >= 0.6 is 0 Å². The van der Waals surface area contributed by atoms with Gasteiger partial charge in [-0.05, 0) is 13.0 Å². The van der Waals surface area contributed by atoms with Crippen molar-refractivity contribution in [3.63, 3.8) is 0 Å². The van der Waals surface area contributed by atoms with Gasteiger partial charge >= 0.3 is 0 Å². The summed E-state index contributed by atoms with van der Waals surface area (Å²) in [6.45, 7) is 5.49. The number of allylic oxidation sites excluding steroid dienone is 3. The van der Waals surface area contributed by atoms with Crippen molar-refractivity contribution in [3.8, 4) is 0 Å². The molecule has 1 aromatic rings. The molecule has 0 aliphatic carbocycles. The predicted octanol–water partition coefficient (Wildman–Crippen LogP) is 1.42. The van der Waals surface area contributed by atoms with Gasteiger partial charge in [0.1, 0.15) is 11.7 Å². The van der Waals surface area contributed by atoms with Crippen molar-refractivity contribution in [2.75, 3.05) is 0 Å². The summed E-state index contributed by atoms with van der Waals surface area (Å²) in [5, 5.41) is 0.790. The summed E-state index contributed by atoms with van der Waals surface area (Å²) < 4.78 is 5.20. The van der Waals surface area contributed by atoms with Gasteiger partial charge in [-0.2, -0.15) is 0 Å². The highest BCUT2D eigenvalue weighted by molar-refractivity contribution is 5.75. The van der Waals surface area contributed by atoms with E-state index in [1.165, 1.54) is 6.26 Å². The van der Waals surface area contributed by atoms with E-state index >= 15 is 0 Å². The van der Waals surface area contributed by atoms with Crippen LogP contribution in [0, 0.1) is 0 Å². The summed E-state index contributed by atoms with van der Waals surface area (Å²) in [6.07, 6.45) is 11.2. The Labute approximate surface area is 82.5 Å². The first-order chi connectivity index (χ1) is 6.83. The van der Waals surface area contributed by atoms with Gasteiger partial charge in [-0.1, -0.05) is 30.9 Å². The van der Waals surface area contributed by atoms with Gasteiger partial charge in [0.25, 0.3) is 0 Å². The van der Waals surface area contributed by atoms with Gasteiger partial charge < -0.3 is 4.42 Å². The highest BCUT2D eigenvalue weighted by Crippen LogP contribution is 1.84. The van der Waals surface area contributed by atoms with Crippen LogP contribution in [-0.4, -0.2) is 6.29 Å². The van der Waals surface area contributed by atoms with E-state index in [4.69, 9.17) is 4.42 Å². The average molecular weight is 188 g/mol. The smallest absolute Gasteiger partial charge is 0.153 e. The highest BCUT2D eigenvalue weighted by Gasteiger charge is 1.97. The van der Waals surface area contributed by atoms with Crippen molar-refractivity contribution in [1.82, 2.24) is 0 Å². The quantitative estimate of drug-likeness (QED) is 0.671. The lowest BCUT2D eigenvalue weighted by Crippen LogP contribution is -2.22. The Kier molecular flexibility index (Phi) is 3.68. The molecule has 0 fully saturated rings. The third-order valence-corrected chi connectivity index (χ3v) is 1.74. The summed E-state index contributed by atoms with van der Waals surface area (Å²) in [5.74, 6) is 0. The van der Waals surface area contributed by atoms with Gasteiger partial charge in [0, 0.05) is 5.22 Å². The van der Waals surface area contributed by atoms with Gasteiger partial charge in [0.15, 0.2) is 6.29 Å². The van der Waals surface area contributed by atoms with Gasteiger partial charge in [0.05, 0.1) is 5.56 Å². The first kappa shape index (κ1) is 10.3. The fourth-order valence-corrected chi connectivity index (χ4v) is 1.09. The van der Waals surface area contributed by atoms with Gasteiger partial charge in [-0.3, -0.25) is 4.79 Å². The Morgan fingerprint density at radius 3 is 2.79 bits per heavy atom. The van der Waals surface area contributed by atoms with Crippen molar-refractivity contribution >= 4 is 18.4 Å². The molecule has 2 nitrogen and oxygen atoms in total. The Morgan fingerprint density at radius 1 is 1.43 bits per heavy atom. The van der Waals surface area contributed by atoms with Crippen LogP contribution in [0.1, 0.15) is 17.3 Å². The molecule has 1 rings (SSSR count). The zero-order valence-electron chi connectivity index (χ0n) is 8.07. The topological polar surface area (TPSA) is 30.2 Å². The summed E-state index contributed by atoms with van der Waals surface area (Å²) in [7, 11) is 0. The molecule has 0 amide bonds. The number of rotatable bonds is 3. The summed E-state index contributed by atoms with van der Waals surface area (Å²) >= 11 is 0. The van der Waals surface area contributed by atoms with Crippen LogP contribution in [0.5, 0.6) is 0 Å². The van der Waals surface area contributed by atoms with Crippen molar-refractivity contribution in [3.05, 3.63) is 47.3 Å². The molecular weight excluding hydrogens is 176 g/mol. The van der Waals surface area contributed by atoms with Crippen LogP contribution in [0.4, 0.5) is 0 Å². The first-order valence-electron chi connectivity index (χ1n) is 4.32. The Balaban J connectivity index is 3.48. The number of aldehydes is 1. The molecule has 0 aliphatic heterocycles. The standard InChI is InChI=1S/C12H12O2/c1-3-5-7-11-10(8-13)9-14-12(11)6-4-2/h3-9H,2H2,1H3/b5-3-,11-7-,12-6+. The van der Waals surface area contributed by atoms with Crippen molar-refractivity contribution in [2.45, 2.75) is 6.92 Å². The van der Waals surface area contributed by atoms with E-state index in [1.807, 2.05) is 25.2 Å². The second kappa shape index (κ2) is 5.02. The molecule has 0 spiro atoms. The predicted molar refractivity (Wildman–Crippen MR) is 57.3 cm³/mol. The molecule has 0 aromatic carbocycles. The lowest BCUT2D eigenvalue weighted by Gasteiger charge is -1.78. The van der Waals surface area contributed by atoms with Crippen LogP contribution in [0.3, 0.4) is 0 Å². The maximum Gasteiger partial charge on any atom is 0.153 e. The highest BCUT2D eigenvalue weighted by atomic mass is 16.3. The Bertz CT molecular complexity index is 461. The molecule has 0 aliphatic rings. The SMILES string of the molecule is C=C/C=c1/occ(C=O)/c1=C/C=C\C. The Hall–Kier alpha value is -1.83. The maximum atomic E-state index is 10.7. The van der Waals surface area contributed by atoms with Crippen molar-refractivity contribution in [2.24, 2.45) is 0 Å². The lowest BCUT2D eigenvalue weighted by atomic mass is 10.2. The monoisotopic (exact) mass is 188 g/mol. The van der Waals surface area contributed by atoms with E-state index in [2.05, 4.69) is 6.58 Å². The fourth-order valence-electron chi connectivity index (χ4n) is 1.09. The van der Waals surface area contributed by atoms with E-state index in [9.17, 15) is 4.79 Å². The average Bonchev–Trinajstić information content (AvgIpc) is 2.58. The molecule has 0 unspecified atom stereocenters. The molecule has 1 aromatic heterocycles. The van der Waals surface area contributed by atoms with Crippen LogP contribution in [0.25, 0.3) is 12.2 Å². The number of hydrogen-bond acceptors (Lipinski definition) is 2. The largest absolute Gasteiger partial charge is 0.464 e. The second-order valence-corrected chi connectivity index (χ2v) is 2.68. The number of furan rings is 1. The lowest BCUT2D eigenvalue weighted by molar-refractivity contribution is 0.112. The normalized spacial score (nSPS) is 13.8. The van der Waals surface area contributed by atoms with E-state index in [0.717, 1.165) is 11.5 Å². The molecule has 72 valence electrons. The van der Waals surface area contributed by atoms with Gasteiger partial charge in [-0.25, -0.2) is 0 Å². The number of hydrogen-bond donors (Lipinski definition) is 0. The van der Waals surface area contributed by atoms with E-state index in [1.54, 1.807) is 12.2 Å². The third-order valence-electron chi connectivity index (χ3n) is 1.74. The molecular formula is C12H12O2. The summed E-state index contributed by atoms with van der Waals surface area (Å²) in [5.41, 5.74) is 1.21. The molecule has 0 bridgehead atoms. The van der Waals surface area contributed by atoms with E-state index in [0.29, 0.717) is 11.0 Å². The third kappa shape index (κ3) is 2.10. The first-order valence-corrected chi connectivity index (χ1v) is 4.32. The van der Waals surface area contributed by atoms with Crippen LogP contribution < -0.4 is 10.6 Å². The molecule has 1 heterocycles. The van der Waals surface area contributed by atoms with Gasteiger partial charge in [-0.15, -0.1) is 0 Å². The molecule has 14 heavy (non-hydrogen) atoms. The minimum atomic E-state index is 0.552. The number of carbonyl (C=O) groups is 1. The number of carbonyl (C=O) groups excluding carboxylic acids is 1. The molecule has 0 N–H and O–H groups in total. The van der Waals surface area contributed by atoms with Gasteiger partial charge in [0.2, 0.25) is 0 Å². The minimum Gasteiger partial charge on any atom is -0.464 e. The van der Waals surface area contributed by atoms with E-state index < -0.39 is 0 Å². The molecule has 0 radical (unpaired) electrons. The zero-order chi connectivity index (χ0) is 10.4. The van der Waals surface area contributed by atoms with Crippen LogP contribution in [0.2, 0.25) is 0 Å². The zero-order valence-corrected chi connectivity index (χ0v) is 8.07. The maximum absolute atomic E-state index is 10.7. The molecule has 0 atom stereocenters.